The maximum absolute atomic E-state index is 13.1. The molecule has 3 aromatic heterocycles. The molecule has 1 unspecified atom stereocenters. The topological polar surface area (TPSA) is 88.8 Å². The third kappa shape index (κ3) is 5.11. The van der Waals surface area contributed by atoms with Gasteiger partial charge in [0, 0.05) is 23.8 Å². The Morgan fingerprint density at radius 2 is 1.92 bits per heavy atom. The van der Waals surface area contributed by atoms with Crippen LogP contribution in [0.5, 0.6) is 0 Å². The van der Waals surface area contributed by atoms with Gasteiger partial charge in [0.2, 0.25) is 0 Å². The molecule has 1 atom stereocenters. The Hall–Kier alpha value is -3.66. The molecule has 5 rings (SSSR count). The number of aromatic nitrogens is 5. The molecule has 0 spiro atoms. The van der Waals surface area contributed by atoms with E-state index in [0.29, 0.717) is 39.4 Å². The molecule has 1 aliphatic rings. The number of nitrogens with zero attached hydrogens (tertiary/aromatic N) is 5. The van der Waals surface area contributed by atoms with E-state index in [9.17, 15) is 18.3 Å². The standard InChI is InChI=1S/C26H24ClF3N6O/c1-14(17-4-3-5-17)32-23-21-24(34-22(33-23)15(2)37)35-25(20-12-19(27)10-11-31-20)36(21)13-16-6-8-18(9-7-16)26(28,29)30/h6-12,14,17,37H,2-5,13H2,1H3,(H,32,33,34). The maximum Gasteiger partial charge on any atom is 0.416 e. The van der Waals surface area contributed by atoms with Crippen molar-refractivity contribution in [3.63, 3.8) is 0 Å². The predicted molar refractivity (Wildman–Crippen MR) is 136 cm³/mol. The van der Waals surface area contributed by atoms with Gasteiger partial charge < -0.3 is 15.0 Å². The van der Waals surface area contributed by atoms with Gasteiger partial charge in [-0.05, 0) is 55.5 Å². The van der Waals surface area contributed by atoms with E-state index >= 15 is 0 Å². The van der Waals surface area contributed by atoms with Crippen molar-refractivity contribution in [3.8, 4) is 11.5 Å². The number of halogens is 4. The molecule has 1 saturated carbocycles. The lowest BCUT2D eigenvalue weighted by molar-refractivity contribution is -0.137. The molecule has 11 heteroatoms. The highest BCUT2D eigenvalue weighted by Gasteiger charge is 2.30. The van der Waals surface area contributed by atoms with Crippen molar-refractivity contribution in [3.05, 3.63) is 71.1 Å². The molecule has 1 aromatic carbocycles. The molecule has 192 valence electrons. The van der Waals surface area contributed by atoms with Crippen LogP contribution in [-0.4, -0.2) is 35.7 Å². The lowest BCUT2D eigenvalue weighted by Gasteiger charge is -2.32. The van der Waals surface area contributed by atoms with Crippen LogP contribution in [0, 0.1) is 5.92 Å². The van der Waals surface area contributed by atoms with Crippen molar-refractivity contribution >= 4 is 34.3 Å². The van der Waals surface area contributed by atoms with Gasteiger partial charge >= 0.3 is 6.18 Å². The summed E-state index contributed by atoms with van der Waals surface area (Å²) in [5.41, 5.74) is 1.17. The number of nitrogens with one attached hydrogen (secondary N) is 1. The number of pyridine rings is 1. The smallest absolute Gasteiger partial charge is 0.416 e. The summed E-state index contributed by atoms with van der Waals surface area (Å²) in [7, 11) is 0. The molecule has 7 nitrogen and oxygen atoms in total. The first kappa shape index (κ1) is 25.0. The van der Waals surface area contributed by atoms with Crippen LogP contribution in [0.3, 0.4) is 0 Å². The summed E-state index contributed by atoms with van der Waals surface area (Å²) >= 11 is 6.22. The van der Waals surface area contributed by atoms with E-state index in [1.165, 1.54) is 18.6 Å². The zero-order chi connectivity index (χ0) is 26.3. The number of fused-ring (bicyclic) bond motifs is 1. The third-order valence-electron chi connectivity index (χ3n) is 6.66. The van der Waals surface area contributed by atoms with E-state index in [4.69, 9.17) is 11.6 Å². The minimum atomic E-state index is -4.43. The van der Waals surface area contributed by atoms with E-state index < -0.39 is 11.7 Å². The molecular weight excluding hydrogens is 505 g/mol. The summed E-state index contributed by atoms with van der Waals surface area (Å²) in [6.45, 7) is 5.80. The van der Waals surface area contributed by atoms with E-state index in [-0.39, 0.29) is 29.8 Å². The van der Waals surface area contributed by atoms with Gasteiger partial charge in [-0.1, -0.05) is 36.7 Å². The molecule has 0 aliphatic heterocycles. The first-order chi connectivity index (χ1) is 17.6. The van der Waals surface area contributed by atoms with Gasteiger partial charge in [0.05, 0.1) is 5.56 Å². The summed E-state index contributed by atoms with van der Waals surface area (Å²) in [5.74, 6) is 1.06. The van der Waals surface area contributed by atoms with Crippen LogP contribution in [0.1, 0.15) is 43.1 Å². The van der Waals surface area contributed by atoms with Crippen LogP contribution in [0.2, 0.25) is 5.02 Å². The van der Waals surface area contributed by atoms with Gasteiger partial charge in [-0.3, -0.25) is 4.98 Å². The molecule has 3 heterocycles. The van der Waals surface area contributed by atoms with Crippen LogP contribution < -0.4 is 5.32 Å². The molecule has 4 aromatic rings. The Morgan fingerprint density at radius 3 is 2.51 bits per heavy atom. The van der Waals surface area contributed by atoms with Gasteiger partial charge in [0.1, 0.15) is 11.2 Å². The molecule has 0 radical (unpaired) electrons. The highest BCUT2D eigenvalue weighted by Crippen LogP contribution is 2.35. The number of aliphatic hydroxyl groups excluding tert-OH is 1. The molecule has 1 aliphatic carbocycles. The maximum atomic E-state index is 13.1. The Bertz CT molecular complexity index is 1460. The summed E-state index contributed by atoms with van der Waals surface area (Å²) in [4.78, 5) is 18.0. The number of hydrogen-bond acceptors (Lipinski definition) is 6. The molecule has 37 heavy (non-hydrogen) atoms. The number of benzene rings is 1. The summed E-state index contributed by atoms with van der Waals surface area (Å²) in [6, 6.07) is 8.33. The first-order valence-electron chi connectivity index (χ1n) is 11.8. The molecular formula is C26H24ClF3N6O. The SMILES string of the molecule is C=C(O)c1nc(NC(C)C2CCC2)c2c(n1)nc(-c1cc(Cl)ccn1)n2Cc1ccc(C(F)(F)F)cc1. The first-order valence-corrected chi connectivity index (χ1v) is 12.2. The second kappa shape index (κ2) is 9.66. The van der Waals surface area contributed by atoms with Crippen molar-refractivity contribution in [1.29, 1.82) is 0 Å². The third-order valence-corrected chi connectivity index (χ3v) is 6.89. The quantitative estimate of drug-likeness (QED) is 0.258. The van der Waals surface area contributed by atoms with Gasteiger partial charge in [-0.2, -0.15) is 13.2 Å². The molecule has 0 saturated heterocycles. The Labute approximate surface area is 216 Å². The number of alkyl halides is 3. The number of imidazole rings is 1. The van der Waals surface area contributed by atoms with Gasteiger partial charge in [-0.15, -0.1) is 0 Å². The lowest BCUT2D eigenvalue weighted by atomic mass is 9.80. The average Bonchev–Trinajstić information content (AvgIpc) is 3.16. The summed E-state index contributed by atoms with van der Waals surface area (Å²) < 4.78 is 41.2. The second-order valence-corrected chi connectivity index (χ2v) is 9.65. The van der Waals surface area contributed by atoms with Gasteiger partial charge in [0.25, 0.3) is 0 Å². The van der Waals surface area contributed by atoms with E-state index in [1.54, 1.807) is 22.9 Å². The van der Waals surface area contributed by atoms with Gasteiger partial charge in [0.15, 0.2) is 28.9 Å². The Balaban J connectivity index is 1.68. The van der Waals surface area contributed by atoms with Crippen molar-refractivity contribution < 1.29 is 18.3 Å². The van der Waals surface area contributed by atoms with E-state index in [1.807, 2.05) is 0 Å². The minimum Gasteiger partial charge on any atom is -0.505 e. The average molecular weight is 529 g/mol. The fourth-order valence-electron chi connectivity index (χ4n) is 4.40. The number of rotatable bonds is 7. The minimum absolute atomic E-state index is 0.0283. The fraction of sp³-hybridized carbons (Fsp3) is 0.308. The number of anilines is 1. The van der Waals surface area contributed by atoms with Crippen LogP contribution >= 0.6 is 11.6 Å². The number of hydrogen-bond donors (Lipinski definition) is 2. The normalized spacial score (nSPS) is 14.9. The van der Waals surface area contributed by atoms with Crippen LogP contribution in [0.25, 0.3) is 28.4 Å². The van der Waals surface area contributed by atoms with Crippen molar-refractivity contribution in [2.24, 2.45) is 5.92 Å². The van der Waals surface area contributed by atoms with E-state index in [0.717, 1.165) is 25.0 Å². The molecule has 2 N–H and O–H groups in total. The van der Waals surface area contributed by atoms with Crippen molar-refractivity contribution in [2.75, 3.05) is 5.32 Å². The Morgan fingerprint density at radius 1 is 1.19 bits per heavy atom. The zero-order valence-corrected chi connectivity index (χ0v) is 20.7. The van der Waals surface area contributed by atoms with E-state index in [2.05, 4.69) is 38.8 Å². The highest BCUT2D eigenvalue weighted by molar-refractivity contribution is 6.30. The molecule has 0 amide bonds. The number of aliphatic hydroxyl groups is 1. The van der Waals surface area contributed by atoms with Gasteiger partial charge in [-0.25, -0.2) is 15.0 Å². The van der Waals surface area contributed by atoms with Crippen molar-refractivity contribution in [1.82, 2.24) is 24.5 Å². The van der Waals surface area contributed by atoms with Crippen LogP contribution in [-0.2, 0) is 12.7 Å². The van der Waals surface area contributed by atoms with Crippen LogP contribution in [0.4, 0.5) is 19.0 Å². The molecule has 0 bridgehead atoms. The second-order valence-electron chi connectivity index (χ2n) is 9.21. The summed E-state index contributed by atoms with van der Waals surface area (Å²) in [5, 5.41) is 14.0. The zero-order valence-electron chi connectivity index (χ0n) is 19.9. The molecule has 1 fully saturated rings. The highest BCUT2D eigenvalue weighted by atomic mass is 35.5. The lowest BCUT2D eigenvalue weighted by Crippen LogP contribution is -2.31. The predicted octanol–water partition coefficient (Wildman–Crippen LogP) is 6.74. The van der Waals surface area contributed by atoms with Crippen LogP contribution in [0.15, 0.2) is 49.2 Å². The fourth-order valence-corrected chi connectivity index (χ4v) is 4.56. The Kier molecular flexibility index (Phi) is 6.53. The summed E-state index contributed by atoms with van der Waals surface area (Å²) in [6.07, 6.45) is 0.492. The monoisotopic (exact) mass is 528 g/mol. The largest absolute Gasteiger partial charge is 0.505 e. The van der Waals surface area contributed by atoms with Crippen molar-refractivity contribution in [2.45, 2.75) is 44.9 Å².